The van der Waals surface area contributed by atoms with Crippen molar-refractivity contribution in [2.24, 2.45) is 5.92 Å². The number of nitrogens with one attached hydrogen (secondary N) is 1. The van der Waals surface area contributed by atoms with E-state index in [2.05, 4.69) is 15.3 Å². The molecule has 2 unspecified atom stereocenters. The first-order chi connectivity index (χ1) is 15.1. The summed E-state index contributed by atoms with van der Waals surface area (Å²) in [4.78, 5) is 23.8. The lowest BCUT2D eigenvalue weighted by Crippen LogP contribution is -2.52. The summed E-state index contributed by atoms with van der Waals surface area (Å²) in [5, 5.41) is 3.44. The Kier molecular flexibility index (Phi) is 6.44. The minimum Gasteiger partial charge on any atom is -0.362 e. The number of thiazole rings is 1. The molecule has 3 heterocycles. The van der Waals surface area contributed by atoms with Crippen molar-refractivity contribution in [1.82, 2.24) is 15.3 Å². The zero-order valence-corrected chi connectivity index (χ0v) is 19.1. The van der Waals surface area contributed by atoms with Crippen LogP contribution in [0.1, 0.15) is 43.3 Å². The number of amides is 1. The molecule has 2 atom stereocenters. The molecule has 1 amide bonds. The zero-order chi connectivity index (χ0) is 23.0. The highest BCUT2D eigenvalue weighted by Crippen LogP contribution is 2.38. The van der Waals surface area contributed by atoms with E-state index in [4.69, 9.17) is 4.74 Å². The van der Waals surface area contributed by atoms with Crippen LogP contribution in [-0.2, 0) is 16.1 Å². The lowest BCUT2D eigenvalue weighted by Gasteiger charge is -2.37. The summed E-state index contributed by atoms with van der Waals surface area (Å²) in [5.41, 5.74) is 3.24. The van der Waals surface area contributed by atoms with Crippen LogP contribution < -0.4 is 10.2 Å². The molecule has 0 radical (unpaired) electrons. The number of aryl methyl sites for hydroxylation is 2. The van der Waals surface area contributed by atoms with Crippen LogP contribution in [0.4, 0.5) is 18.3 Å². The second-order valence-electron chi connectivity index (χ2n) is 8.72. The molecular formula is C22H27F3N4O2S. The molecule has 174 valence electrons. The Hall–Kier alpha value is -2.20. The van der Waals surface area contributed by atoms with Gasteiger partial charge in [-0.25, -0.2) is 4.98 Å². The van der Waals surface area contributed by atoms with Crippen molar-refractivity contribution in [3.63, 3.8) is 0 Å². The van der Waals surface area contributed by atoms with Gasteiger partial charge in [-0.3, -0.25) is 9.78 Å². The molecule has 1 N–H and O–H groups in total. The number of rotatable bonds is 6. The number of pyridine rings is 1. The van der Waals surface area contributed by atoms with Crippen LogP contribution in [0, 0.1) is 19.8 Å². The predicted molar refractivity (Wildman–Crippen MR) is 117 cm³/mol. The predicted octanol–water partition coefficient (Wildman–Crippen LogP) is 4.39. The number of carbonyl (C=O) groups excluding carboxylic acids is 1. The highest BCUT2D eigenvalue weighted by molar-refractivity contribution is 7.19. The summed E-state index contributed by atoms with van der Waals surface area (Å²) in [6.45, 7) is 5.68. The Morgan fingerprint density at radius 1 is 1.22 bits per heavy atom. The smallest absolute Gasteiger partial charge is 0.362 e. The third kappa shape index (κ3) is 5.58. The van der Waals surface area contributed by atoms with Gasteiger partial charge in [-0.1, -0.05) is 11.3 Å². The minimum atomic E-state index is -4.44. The SMILES string of the molecule is Cc1cc(-c2sc(N3CC(C)OC(C(F)(F)F)C3)nc2CNC(=O)CC2CC2)cc(C)n1. The van der Waals surface area contributed by atoms with E-state index in [0.29, 0.717) is 29.7 Å². The Balaban J connectivity index is 1.62. The fraction of sp³-hybridized carbons (Fsp3) is 0.591. The molecule has 0 bridgehead atoms. The normalized spacial score (nSPS) is 21.6. The van der Waals surface area contributed by atoms with Gasteiger partial charge < -0.3 is 15.0 Å². The van der Waals surface area contributed by atoms with Gasteiger partial charge in [0.15, 0.2) is 11.2 Å². The quantitative estimate of drug-likeness (QED) is 0.681. The number of hydrogen-bond acceptors (Lipinski definition) is 6. The molecule has 1 aliphatic carbocycles. The second kappa shape index (κ2) is 8.97. The molecule has 4 rings (SSSR count). The highest BCUT2D eigenvalue weighted by Gasteiger charge is 2.45. The summed E-state index contributed by atoms with van der Waals surface area (Å²) in [5.74, 6) is 0.451. The Bertz CT molecular complexity index is 970. The van der Waals surface area contributed by atoms with Crippen molar-refractivity contribution in [3.8, 4) is 10.4 Å². The van der Waals surface area contributed by atoms with Crippen molar-refractivity contribution in [2.45, 2.75) is 65.0 Å². The van der Waals surface area contributed by atoms with Crippen molar-refractivity contribution in [3.05, 3.63) is 29.2 Å². The molecule has 2 aliphatic rings. The summed E-state index contributed by atoms with van der Waals surface area (Å²) in [6.07, 6.45) is -4.18. The number of morpholine rings is 1. The van der Waals surface area contributed by atoms with Gasteiger partial charge in [0, 0.05) is 24.4 Å². The van der Waals surface area contributed by atoms with Crippen LogP contribution in [0.2, 0.25) is 0 Å². The summed E-state index contributed by atoms with van der Waals surface area (Å²) in [7, 11) is 0. The van der Waals surface area contributed by atoms with Crippen LogP contribution in [-0.4, -0.2) is 47.3 Å². The van der Waals surface area contributed by atoms with Crippen molar-refractivity contribution in [2.75, 3.05) is 18.0 Å². The monoisotopic (exact) mass is 468 g/mol. The molecule has 6 nitrogen and oxygen atoms in total. The maximum absolute atomic E-state index is 13.3. The Morgan fingerprint density at radius 3 is 2.53 bits per heavy atom. The maximum Gasteiger partial charge on any atom is 0.416 e. The standard InChI is InChI=1S/C22H27F3N4O2S/c1-12-6-16(7-13(2)27-12)20-17(9-26-19(30)8-15-4-5-15)28-21(32-20)29-10-14(3)31-18(11-29)22(23,24)25/h6-7,14-15,18H,4-5,8-11H2,1-3H3,(H,26,30). The molecule has 32 heavy (non-hydrogen) atoms. The fourth-order valence-corrected chi connectivity index (χ4v) is 5.00. The molecule has 0 spiro atoms. The summed E-state index contributed by atoms with van der Waals surface area (Å²) in [6, 6.07) is 3.86. The van der Waals surface area contributed by atoms with Crippen LogP contribution in [0.25, 0.3) is 10.4 Å². The fourth-order valence-electron chi connectivity index (χ4n) is 3.91. The van der Waals surface area contributed by atoms with Gasteiger partial charge in [-0.2, -0.15) is 13.2 Å². The van der Waals surface area contributed by atoms with Crippen LogP contribution >= 0.6 is 11.3 Å². The van der Waals surface area contributed by atoms with Gasteiger partial charge in [0.2, 0.25) is 5.91 Å². The van der Waals surface area contributed by atoms with Gasteiger partial charge in [0.1, 0.15) is 0 Å². The highest BCUT2D eigenvalue weighted by atomic mass is 32.1. The molecule has 2 aromatic rings. The number of anilines is 1. The number of halogens is 3. The van der Waals surface area contributed by atoms with Crippen molar-refractivity contribution >= 4 is 22.4 Å². The number of aromatic nitrogens is 2. The van der Waals surface area contributed by atoms with E-state index in [-0.39, 0.29) is 19.0 Å². The minimum absolute atomic E-state index is 0.0211. The second-order valence-corrected chi connectivity index (χ2v) is 9.69. The van der Waals surface area contributed by atoms with Gasteiger partial charge in [-0.15, -0.1) is 0 Å². The molecule has 1 saturated heterocycles. The topological polar surface area (TPSA) is 67.3 Å². The molecule has 10 heteroatoms. The van der Waals surface area contributed by atoms with Gasteiger partial charge in [-0.05, 0) is 57.2 Å². The largest absolute Gasteiger partial charge is 0.416 e. The first-order valence-corrected chi connectivity index (χ1v) is 11.6. The van der Waals surface area contributed by atoms with Crippen LogP contribution in [0.3, 0.4) is 0 Å². The van der Waals surface area contributed by atoms with E-state index in [1.54, 1.807) is 11.8 Å². The molecule has 1 aliphatic heterocycles. The van der Waals surface area contributed by atoms with E-state index in [9.17, 15) is 18.0 Å². The summed E-state index contributed by atoms with van der Waals surface area (Å²) < 4.78 is 45.1. The van der Waals surface area contributed by atoms with Gasteiger partial charge >= 0.3 is 6.18 Å². The Labute approximate surface area is 189 Å². The molecular weight excluding hydrogens is 441 g/mol. The average molecular weight is 469 g/mol. The lowest BCUT2D eigenvalue weighted by atomic mass is 10.1. The van der Waals surface area contributed by atoms with Crippen LogP contribution in [0.5, 0.6) is 0 Å². The number of ether oxygens (including phenoxy) is 1. The van der Waals surface area contributed by atoms with E-state index < -0.39 is 18.4 Å². The lowest BCUT2D eigenvalue weighted by molar-refractivity contribution is -0.233. The van der Waals surface area contributed by atoms with Gasteiger partial charge in [0.25, 0.3) is 0 Å². The third-order valence-electron chi connectivity index (χ3n) is 5.55. The van der Waals surface area contributed by atoms with E-state index in [0.717, 1.165) is 34.7 Å². The number of nitrogens with zero attached hydrogens (tertiary/aromatic N) is 3. The van der Waals surface area contributed by atoms with E-state index >= 15 is 0 Å². The van der Waals surface area contributed by atoms with Crippen LogP contribution in [0.15, 0.2) is 12.1 Å². The molecule has 2 aromatic heterocycles. The molecule has 0 aromatic carbocycles. The molecule has 1 saturated carbocycles. The number of alkyl halides is 3. The first-order valence-electron chi connectivity index (χ1n) is 10.8. The Morgan fingerprint density at radius 2 is 1.91 bits per heavy atom. The number of hydrogen-bond donors (Lipinski definition) is 1. The third-order valence-corrected chi connectivity index (χ3v) is 6.76. The van der Waals surface area contributed by atoms with Crippen molar-refractivity contribution in [1.29, 1.82) is 0 Å². The van der Waals surface area contributed by atoms with E-state index in [1.807, 2.05) is 26.0 Å². The molecule has 2 fully saturated rings. The number of carbonyl (C=O) groups is 1. The zero-order valence-electron chi connectivity index (χ0n) is 18.3. The van der Waals surface area contributed by atoms with Crippen molar-refractivity contribution < 1.29 is 22.7 Å². The van der Waals surface area contributed by atoms with E-state index in [1.165, 1.54) is 11.3 Å². The van der Waals surface area contributed by atoms with Gasteiger partial charge in [0.05, 0.1) is 29.8 Å². The first kappa shape index (κ1) is 23.0. The average Bonchev–Trinajstić information content (AvgIpc) is 3.39. The maximum atomic E-state index is 13.3. The summed E-state index contributed by atoms with van der Waals surface area (Å²) >= 11 is 1.34.